The molecule has 1 aliphatic carbocycles. The molecule has 2 nitrogen and oxygen atoms in total. The molecule has 2 heteroatoms. The number of hydrogen-bond donors (Lipinski definition) is 0. The second-order valence-corrected chi connectivity index (χ2v) is 6.62. The summed E-state index contributed by atoms with van der Waals surface area (Å²) in [6.45, 7) is 5.21. The lowest BCUT2D eigenvalue weighted by atomic mass is 9.75. The molecule has 1 fully saturated rings. The maximum absolute atomic E-state index is 5.83. The molecule has 0 radical (unpaired) electrons. The van der Waals surface area contributed by atoms with E-state index in [1.165, 1.54) is 44.1 Å². The normalized spacial score (nSPS) is 25.1. The molecule has 1 aromatic rings. The highest BCUT2D eigenvalue weighted by molar-refractivity contribution is 5.30. The average molecular weight is 304 g/mol. The van der Waals surface area contributed by atoms with Gasteiger partial charge >= 0.3 is 0 Å². The molecule has 0 amide bonds. The molecule has 0 bridgehead atoms. The highest BCUT2D eigenvalue weighted by Gasteiger charge is 2.31. The first-order valence-corrected chi connectivity index (χ1v) is 9.04. The van der Waals surface area contributed by atoms with Gasteiger partial charge in [0, 0.05) is 13.0 Å². The van der Waals surface area contributed by atoms with Crippen LogP contribution in [0.1, 0.15) is 70.3 Å². The number of methoxy groups -OCH3 is 1. The molecule has 124 valence electrons. The first-order chi connectivity index (χ1) is 10.8. The molecular formula is C20H32O2. The lowest BCUT2D eigenvalue weighted by Crippen LogP contribution is -2.29. The Kier molecular flexibility index (Phi) is 7.24. The van der Waals surface area contributed by atoms with E-state index in [9.17, 15) is 0 Å². The monoisotopic (exact) mass is 304 g/mol. The lowest BCUT2D eigenvalue weighted by molar-refractivity contribution is 0.0305. The molecule has 0 N–H and O–H groups in total. The van der Waals surface area contributed by atoms with Gasteiger partial charge in [-0.05, 0) is 49.3 Å². The summed E-state index contributed by atoms with van der Waals surface area (Å²) in [6, 6.07) is 8.68. The van der Waals surface area contributed by atoms with Crippen molar-refractivity contribution in [2.75, 3.05) is 13.7 Å². The maximum Gasteiger partial charge on any atom is 0.119 e. The molecule has 0 aromatic heterocycles. The quantitative estimate of drug-likeness (QED) is 0.625. The number of benzene rings is 1. The zero-order chi connectivity index (χ0) is 15.8. The van der Waals surface area contributed by atoms with E-state index in [0.717, 1.165) is 24.7 Å². The second-order valence-electron chi connectivity index (χ2n) is 6.62. The number of rotatable bonds is 8. The van der Waals surface area contributed by atoms with Crippen LogP contribution in [0.4, 0.5) is 0 Å². The topological polar surface area (TPSA) is 18.5 Å². The lowest BCUT2D eigenvalue weighted by Gasteiger charge is -2.35. The summed E-state index contributed by atoms with van der Waals surface area (Å²) in [7, 11) is 1.87. The first kappa shape index (κ1) is 17.3. The Labute approximate surface area is 136 Å². The van der Waals surface area contributed by atoms with Gasteiger partial charge in [-0.1, -0.05) is 45.2 Å². The van der Waals surface area contributed by atoms with Crippen LogP contribution in [0.25, 0.3) is 0 Å². The van der Waals surface area contributed by atoms with Crippen molar-refractivity contribution < 1.29 is 9.47 Å². The molecule has 0 aliphatic heterocycles. The fraction of sp³-hybridized carbons (Fsp3) is 0.700. The van der Waals surface area contributed by atoms with Crippen molar-refractivity contribution in [3.8, 4) is 5.75 Å². The maximum atomic E-state index is 5.83. The summed E-state index contributed by atoms with van der Waals surface area (Å²) in [4.78, 5) is 0. The van der Waals surface area contributed by atoms with Gasteiger partial charge in [0.05, 0.1) is 12.7 Å². The summed E-state index contributed by atoms with van der Waals surface area (Å²) >= 11 is 0. The molecule has 1 aromatic carbocycles. The Bertz CT molecular complexity index is 412. The van der Waals surface area contributed by atoms with Crippen LogP contribution in [-0.4, -0.2) is 19.8 Å². The zero-order valence-corrected chi connectivity index (χ0v) is 14.5. The van der Waals surface area contributed by atoms with Crippen LogP contribution in [0.2, 0.25) is 0 Å². The number of ether oxygens (including phenoxy) is 2. The molecule has 1 aliphatic rings. The molecule has 0 heterocycles. The molecule has 1 saturated carbocycles. The Morgan fingerprint density at radius 1 is 1.05 bits per heavy atom. The van der Waals surface area contributed by atoms with Crippen LogP contribution in [0.3, 0.4) is 0 Å². The van der Waals surface area contributed by atoms with E-state index in [-0.39, 0.29) is 0 Å². The predicted molar refractivity (Wildman–Crippen MR) is 92.6 cm³/mol. The van der Waals surface area contributed by atoms with Gasteiger partial charge < -0.3 is 9.47 Å². The van der Waals surface area contributed by atoms with E-state index in [1.54, 1.807) is 0 Å². The third-order valence-electron chi connectivity index (χ3n) is 4.95. The van der Waals surface area contributed by atoms with Gasteiger partial charge in [-0.3, -0.25) is 0 Å². The molecule has 2 rings (SSSR count). The molecular weight excluding hydrogens is 272 g/mol. The molecule has 3 unspecified atom stereocenters. The number of unbranched alkanes of at least 4 members (excludes halogenated alkanes) is 1. The molecule has 22 heavy (non-hydrogen) atoms. The van der Waals surface area contributed by atoms with Crippen LogP contribution < -0.4 is 4.74 Å². The van der Waals surface area contributed by atoms with Gasteiger partial charge in [-0.2, -0.15) is 0 Å². The van der Waals surface area contributed by atoms with Gasteiger partial charge in [-0.25, -0.2) is 0 Å². The smallest absolute Gasteiger partial charge is 0.119 e. The third kappa shape index (κ3) is 4.74. The van der Waals surface area contributed by atoms with Crippen molar-refractivity contribution in [1.29, 1.82) is 0 Å². The van der Waals surface area contributed by atoms with Gasteiger partial charge in [0.1, 0.15) is 5.75 Å². The van der Waals surface area contributed by atoms with E-state index in [0.29, 0.717) is 12.0 Å². The van der Waals surface area contributed by atoms with Crippen LogP contribution >= 0.6 is 0 Å². The minimum atomic E-state index is 0.373. The highest BCUT2D eigenvalue weighted by Crippen LogP contribution is 2.39. The van der Waals surface area contributed by atoms with Crippen molar-refractivity contribution in [3.63, 3.8) is 0 Å². The van der Waals surface area contributed by atoms with E-state index in [2.05, 4.69) is 38.1 Å². The van der Waals surface area contributed by atoms with E-state index in [1.807, 2.05) is 7.11 Å². The molecule has 0 saturated heterocycles. The van der Waals surface area contributed by atoms with Crippen LogP contribution in [0.5, 0.6) is 5.75 Å². The Morgan fingerprint density at radius 3 is 2.45 bits per heavy atom. The summed E-state index contributed by atoms with van der Waals surface area (Å²) in [5.41, 5.74) is 1.41. The van der Waals surface area contributed by atoms with Crippen molar-refractivity contribution >= 4 is 0 Å². The van der Waals surface area contributed by atoms with Crippen LogP contribution in [-0.2, 0) is 4.74 Å². The van der Waals surface area contributed by atoms with Crippen molar-refractivity contribution in [3.05, 3.63) is 29.8 Å². The van der Waals surface area contributed by atoms with Gasteiger partial charge in [0.2, 0.25) is 0 Å². The van der Waals surface area contributed by atoms with Gasteiger partial charge in [0.25, 0.3) is 0 Å². The Balaban J connectivity index is 1.96. The molecule has 3 atom stereocenters. The minimum Gasteiger partial charge on any atom is -0.494 e. The van der Waals surface area contributed by atoms with E-state index >= 15 is 0 Å². The Hall–Kier alpha value is -1.02. The summed E-state index contributed by atoms with van der Waals surface area (Å²) in [5.74, 6) is 2.38. The fourth-order valence-electron chi connectivity index (χ4n) is 3.64. The minimum absolute atomic E-state index is 0.373. The second kappa shape index (κ2) is 9.19. The standard InChI is InChI=1S/C20H32O2/c1-4-6-7-16-8-13-19(20(15-16)21-3)17-9-11-18(12-10-17)22-14-5-2/h9-12,16,19-20H,4-8,13-15H2,1-3H3. The Morgan fingerprint density at radius 2 is 1.82 bits per heavy atom. The van der Waals surface area contributed by atoms with E-state index < -0.39 is 0 Å². The van der Waals surface area contributed by atoms with E-state index in [4.69, 9.17) is 9.47 Å². The highest BCUT2D eigenvalue weighted by atomic mass is 16.5. The predicted octanol–water partition coefficient (Wildman–Crippen LogP) is 5.56. The summed E-state index contributed by atoms with van der Waals surface area (Å²) in [6.07, 6.45) is 9.27. The van der Waals surface area contributed by atoms with Crippen molar-refractivity contribution in [2.24, 2.45) is 5.92 Å². The largest absolute Gasteiger partial charge is 0.494 e. The average Bonchev–Trinajstić information content (AvgIpc) is 2.58. The van der Waals surface area contributed by atoms with Gasteiger partial charge in [-0.15, -0.1) is 0 Å². The first-order valence-electron chi connectivity index (χ1n) is 9.04. The summed E-state index contributed by atoms with van der Waals surface area (Å²) in [5, 5.41) is 0. The van der Waals surface area contributed by atoms with Crippen molar-refractivity contribution in [1.82, 2.24) is 0 Å². The van der Waals surface area contributed by atoms with Crippen LogP contribution in [0.15, 0.2) is 24.3 Å². The van der Waals surface area contributed by atoms with Gasteiger partial charge in [0.15, 0.2) is 0 Å². The SMILES string of the molecule is CCCCC1CCC(c2ccc(OCCC)cc2)C(OC)C1. The fourth-order valence-corrected chi connectivity index (χ4v) is 3.64. The number of hydrogen-bond acceptors (Lipinski definition) is 2. The zero-order valence-electron chi connectivity index (χ0n) is 14.5. The summed E-state index contributed by atoms with van der Waals surface area (Å²) < 4.78 is 11.5. The van der Waals surface area contributed by atoms with Crippen molar-refractivity contribution in [2.45, 2.75) is 70.8 Å². The molecule has 0 spiro atoms. The third-order valence-corrected chi connectivity index (χ3v) is 4.95. The van der Waals surface area contributed by atoms with Crippen LogP contribution in [0, 0.1) is 5.92 Å².